The third-order valence-electron chi connectivity index (χ3n) is 3.57. The van der Waals surface area contributed by atoms with Gasteiger partial charge in [0, 0.05) is 29.8 Å². The van der Waals surface area contributed by atoms with E-state index < -0.39 is 5.60 Å². The molecule has 0 spiro atoms. The first-order valence-electron chi connectivity index (χ1n) is 7.73. The number of rotatable bonds is 2. The van der Waals surface area contributed by atoms with Crippen LogP contribution in [0.4, 0.5) is 10.5 Å². The number of benzene rings is 1. The molecule has 1 amide bonds. The van der Waals surface area contributed by atoms with Crippen molar-refractivity contribution in [2.45, 2.75) is 45.8 Å². The standard InChI is InChI=1S/C17H25ClN2O2/c1-12-9-14(19-16(21)22-17(2,3)4)11-20(10-12)15-7-5-13(18)6-8-15/h5-8,12,14H,9-11H2,1-4H3,(H,19,21). The Labute approximate surface area is 137 Å². The monoisotopic (exact) mass is 324 g/mol. The lowest BCUT2D eigenvalue weighted by molar-refractivity contribution is 0.0495. The number of carbonyl (C=O) groups is 1. The van der Waals surface area contributed by atoms with Crippen molar-refractivity contribution < 1.29 is 9.53 Å². The minimum Gasteiger partial charge on any atom is -0.444 e. The van der Waals surface area contributed by atoms with Gasteiger partial charge in [0.2, 0.25) is 0 Å². The number of piperidine rings is 1. The second-order valence-electron chi connectivity index (χ2n) is 7.07. The van der Waals surface area contributed by atoms with Crippen LogP contribution in [0.3, 0.4) is 0 Å². The second-order valence-corrected chi connectivity index (χ2v) is 7.50. The molecular weight excluding hydrogens is 300 g/mol. The number of carbonyl (C=O) groups excluding carboxylic acids is 1. The van der Waals surface area contributed by atoms with Gasteiger partial charge in [0.1, 0.15) is 5.60 Å². The third kappa shape index (κ3) is 5.09. The lowest BCUT2D eigenvalue weighted by atomic mass is 9.95. The molecule has 122 valence electrons. The molecule has 1 aliphatic rings. The summed E-state index contributed by atoms with van der Waals surface area (Å²) >= 11 is 5.95. The van der Waals surface area contributed by atoms with Crippen LogP contribution in [0.2, 0.25) is 5.02 Å². The van der Waals surface area contributed by atoms with Gasteiger partial charge in [-0.2, -0.15) is 0 Å². The number of amides is 1. The summed E-state index contributed by atoms with van der Waals surface area (Å²) in [5.41, 5.74) is 0.659. The topological polar surface area (TPSA) is 41.6 Å². The van der Waals surface area contributed by atoms with E-state index in [2.05, 4.69) is 17.1 Å². The van der Waals surface area contributed by atoms with E-state index in [1.165, 1.54) is 0 Å². The first-order valence-corrected chi connectivity index (χ1v) is 8.11. The Morgan fingerprint density at radius 2 is 1.91 bits per heavy atom. The quantitative estimate of drug-likeness (QED) is 0.891. The molecule has 5 heteroatoms. The molecule has 1 aromatic rings. The molecule has 1 saturated heterocycles. The molecule has 2 atom stereocenters. The highest BCUT2D eigenvalue weighted by Crippen LogP contribution is 2.24. The number of nitrogens with one attached hydrogen (secondary N) is 1. The van der Waals surface area contributed by atoms with Crippen molar-refractivity contribution in [3.05, 3.63) is 29.3 Å². The average Bonchev–Trinajstić information content (AvgIpc) is 2.36. The van der Waals surface area contributed by atoms with Gasteiger partial charge >= 0.3 is 6.09 Å². The van der Waals surface area contributed by atoms with E-state index in [0.717, 1.165) is 30.2 Å². The maximum absolute atomic E-state index is 12.0. The third-order valence-corrected chi connectivity index (χ3v) is 3.82. The van der Waals surface area contributed by atoms with Crippen LogP contribution in [0.25, 0.3) is 0 Å². The Hall–Kier alpha value is -1.42. The smallest absolute Gasteiger partial charge is 0.407 e. The highest BCUT2D eigenvalue weighted by atomic mass is 35.5. The van der Waals surface area contributed by atoms with E-state index in [9.17, 15) is 4.79 Å². The van der Waals surface area contributed by atoms with Crippen LogP contribution in [0, 0.1) is 5.92 Å². The first-order chi connectivity index (χ1) is 10.2. The number of nitrogens with zero attached hydrogens (tertiary/aromatic N) is 1. The van der Waals surface area contributed by atoms with Gasteiger partial charge < -0.3 is 15.0 Å². The number of halogens is 1. The van der Waals surface area contributed by atoms with Crippen molar-refractivity contribution >= 4 is 23.4 Å². The minimum atomic E-state index is -0.472. The summed E-state index contributed by atoms with van der Waals surface area (Å²) in [7, 11) is 0. The zero-order valence-corrected chi connectivity index (χ0v) is 14.5. The number of alkyl carbamates (subject to hydrolysis) is 1. The number of ether oxygens (including phenoxy) is 1. The number of hydrogen-bond acceptors (Lipinski definition) is 3. The Morgan fingerprint density at radius 1 is 1.27 bits per heavy atom. The van der Waals surface area contributed by atoms with Crippen LogP contribution in [-0.2, 0) is 4.74 Å². The van der Waals surface area contributed by atoms with Gasteiger partial charge in [-0.1, -0.05) is 18.5 Å². The SMILES string of the molecule is CC1CC(NC(=O)OC(C)(C)C)CN(c2ccc(Cl)cc2)C1. The molecule has 2 rings (SSSR count). The molecule has 1 N–H and O–H groups in total. The van der Waals surface area contributed by atoms with E-state index in [-0.39, 0.29) is 12.1 Å². The Balaban J connectivity index is 1.99. The van der Waals surface area contributed by atoms with Crippen molar-refractivity contribution in [2.75, 3.05) is 18.0 Å². The summed E-state index contributed by atoms with van der Waals surface area (Å²) in [4.78, 5) is 14.2. The van der Waals surface area contributed by atoms with Crippen LogP contribution in [-0.4, -0.2) is 30.8 Å². The van der Waals surface area contributed by atoms with Crippen LogP contribution in [0.5, 0.6) is 0 Å². The maximum atomic E-state index is 12.0. The summed E-state index contributed by atoms with van der Waals surface area (Å²) in [6.45, 7) is 9.58. The van der Waals surface area contributed by atoms with Crippen LogP contribution >= 0.6 is 11.6 Å². The molecule has 2 unspecified atom stereocenters. The van der Waals surface area contributed by atoms with Crippen molar-refractivity contribution in [2.24, 2.45) is 5.92 Å². The van der Waals surface area contributed by atoms with E-state index in [1.54, 1.807) is 0 Å². The molecule has 1 aromatic carbocycles. The minimum absolute atomic E-state index is 0.0919. The highest BCUT2D eigenvalue weighted by Gasteiger charge is 2.27. The summed E-state index contributed by atoms with van der Waals surface area (Å²) in [6, 6.07) is 7.92. The predicted molar refractivity (Wildman–Crippen MR) is 90.6 cm³/mol. The molecular formula is C17H25ClN2O2. The maximum Gasteiger partial charge on any atom is 0.407 e. The van der Waals surface area contributed by atoms with Gasteiger partial charge in [0.05, 0.1) is 0 Å². The molecule has 22 heavy (non-hydrogen) atoms. The fourth-order valence-electron chi connectivity index (χ4n) is 2.79. The van der Waals surface area contributed by atoms with Gasteiger partial charge in [0.15, 0.2) is 0 Å². The summed E-state index contributed by atoms with van der Waals surface area (Å²) in [5, 5.41) is 3.72. The van der Waals surface area contributed by atoms with Gasteiger partial charge in [-0.05, 0) is 57.4 Å². The largest absolute Gasteiger partial charge is 0.444 e. The molecule has 4 nitrogen and oxygen atoms in total. The molecule has 0 saturated carbocycles. The fraction of sp³-hybridized carbons (Fsp3) is 0.588. The van der Waals surface area contributed by atoms with Gasteiger partial charge in [-0.3, -0.25) is 0 Å². The number of hydrogen-bond donors (Lipinski definition) is 1. The first kappa shape index (κ1) is 16.9. The van der Waals surface area contributed by atoms with Gasteiger partial charge in [-0.15, -0.1) is 0 Å². The van der Waals surface area contributed by atoms with Crippen LogP contribution in [0.1, 0.15) is 34.1 Å². The summed E-state index contributed by atoms with van der Waals surface area (Å²) < 4.78 is 5.35. The molecule has 1 heterocycles. The molecule has 0 aromatic heterocycles. The summed E-state index contributed by atoms with van der Waals surface area (Å²) in [6.07, 6.45) is 0.617. The fourth-order valence-corrected chi connectivity index (χ4v) is 2.92. The Kier molecular flexibility index (Phi) is 5.22. The number of anilines is 1. The molecule has 1 fully saturated rings. The van der Waals surface area contributed by atoms with Gasteiger partial charge in [-0.25, -0.2) is 4.79 Å². The Morgan fingerprint density at radius 3 is 2.50 bits per heavy atom. The highest BCUT2D eigenvalue weighted by molar-refractivity contribution is 6.30. The van der Waals surface area contributed by atoms with Crippen LogP contribution < -0.4 is 10.2 Å². The average molecular weight is 325 g/mol. The van der Waals surface area contributed by atoms with Gasteiger partial charge in [0.25, 0.3) is 0 Å². The lowest BCUT2D eigenvalue weighted by Crippen LogP contribution is -2.51. The van der Waals surface area contributed by atoms with E-state index in [4.69, 9.17) is 16.3 Å². The predicted octanol–water partition coefficient (Wildman–Crippen LogP) is 4.08. The summed E-state index contributed by atoms with van der Waals surface area (Å²) in [5.74, 6) is 0.504. The normalized spacial score (nSPS) is 22.3. The molecule has 0 radical (unpaired) electrons. The van der Waals surface area contributed by atoms with Crippen molar-refractivity contribution in [1.82, 2.24) is 5.32 Å². The van der Waals surface area contributed by atoms with Crippen molar-refractivity contribution in [3.8, 4) is 0 Å². The van der Waals surface area contributed by atoms with Crippen LogP contribution in [0.15, 0.2) is 24.3 Å². The van der Waals surface area contributed by atoms with Crippen molar-refractivity contribution in [3.63, 3.8) is 0 Å². The zero-order valence-electron chi connectivity index (χ0n) is 13.7. The Bertz CT molecular complexity index is 510. The zero-order chi connectivity index (χ0) is 16.3. The lowest BCUT2D eigenvalue weighted by Gasteiger charge is -2.38. The van der Waals surface area contributed by atoms with E-state index >= 15 is 0 Å². The second kappa shape index (κ2) is 6.78. The molecule has 0 aliphatic carbocycles. The van der Waals surface area contributed by atoms with E-state index in [0.29, 0.717) is 5.92 Å². The molecule has 1 aliphatic heterocycles. The van der Waals surface area contributed by atoms with Crippen molar-refractivity contribution in [1.29, 1.82) is 0 Å². The van der Waals surface area contributed by atoms with E-state index in [1.807, 2.05) is 45.0 Å². The molecule has 0 bridgehead atoms.